The molecule has 110 valence electrons. The minimum absolute atomic E-state index is 0.0441. The molecule has 1 N–H and O–H groups in total. The lowest BCUT2D eigenvalue weighted by Crippen LogP contribution is -2.05. The quantitative estimate of drug-likeness (QED) is 0.633. The average Bonchev–Trinajstić information content (AvgIpc) is 2.46. The molecule has 0 amide bonds. The summed E-state index contributed by atoms with van der Waals surface area (Å²) >= 11 is 3.31. The number of hydrogen-bond acceptors (Lipinski definition) is 5. The Morgan fingerprint density at radius 3 is 2.86 bits per heavy atom. The van der Waals surface area contributed by atoms with Crippen molar-refractivity contribution in [1.29, 1.82) is 0 Å². The number of hydrogen-bond donors (Lipinski definition) is 1. The van der Waals surface area contributed by atoms with E-state index in [-0.39, 0.29) is 12.3 Å². The Kier molecular flexibility index (Phi) is 5.10. The van der Waals surface area contributed by atoms with Crippen LogP contribution in [0.4, 0.5) is 11.4 Å². The highest BCUT2D eigenvalue weighted by Gasteiger charge is 2.11. The van der Waals surface area contributed by atoms with E-state index in [4.69, 9.17) is 4.74 Å². The second kappa shape index (κ2) is 7.03. The van der Waals surface area contributed by atoms with Crippen LogP contribution < -0.4 is 10.1 Å². The Hall–Kier alpha value is -2.15. The fourth-order valence-electron chi connectivity index (χ4n) is 1.81. The molecule has 0 bridgehead atoms. The number of rotatable bonds is 6. The predicted molar refractivity (Wildman–Crippen MR) is 83.5 cm³/mol. The van der Waals surface area contributed by atoms with Crippen LogP contribution in [0.15, 0.2) is 41.1 Å². The minimum Gasteiger partial charge on any atom is -0.487 e. The molecule has 0 aliphatic heterocycles. The van der Waals surface area contributed by atoms with Gasteiger partial charge in [0, 0.05) is 40.6 Å². The highest BCUT2D eigenvalue weighted by molar-refractivity contribution is 9.10. The Labute approximate surface area is 130 Å². The summed E-state index contributed by atoms with van der Waals surface area (Å²) in [6.07, 6.45) is 3.25. The fraction of sp³-hybridized carbons (Fsp3) is 0.214. The number of ether oxygens (including phenoxy) is 1. The number of non-ortho nitro benzene ring substituents is 1. The molecule has 21 heavy (non-hydrogen) atoms. The summed E-state index contributed by atoms with van der Waals surface area (Å²) in [5.74, 6) is 0.596. The van der Waals surface area contributed by atoms with Gasteiger partial charge < -0.3 is 10.1 Å². The van der Waals surface area contributed by atoms with Gasteiger partial charge in [0.05, 0.1) is 11.1 Å². The Morgan fingerprint density at radius 1 is 1.38 bits per heavy atom. The summed E-state index contributed by atoms with van der Waals surface area (Å²) in [7, 11) is 0. The van der Waals surface area contributed by atoms with Crippen LogP contribution in [0, 0.1) is 10.1 Å². The van der Waals surface area contributed by atoms with E-state index in [1.54, 1.807) is 24.5 Å². The number of nitrogens with one attached hydrogen (secondary N) is 1. The molecule has 0 atom stereocenters. The van der Waals surface area contributed by atoms with Crippen LogP contribution >= 0.6 is 15.9 Å². The van der Waals surface area contributed by atoms with Gasteiger partial charge in [-0.3, -0.25) is 15.1 Å². The molecule has 1 aromatic heterocycles. The Balaban J connectivity index is 2.20. The third kappa shape index (κ3) is 4.16. The lowest BCUT2D eigenvalue weighted by molar-refractivity contribution is -0.384. The topological polar surface area (TPSA) is 77.3 Å². The molecule has 0 unspecified atom stereocenters. The maximum absolute atomic E-state index is 10.9. The molecule has 7 heteroatoms. The van der Waals surface area contributed by atoms with Crippen LogP contribution in [0.1, 0.15) is 12.5 Å². The first kappa shape index (κ1) is 15.2. The van der Waals surface area contributed by atoms with Gasteiger partial charge in [-0.1, -0.05) is 0 Å². The van der Waals surface area contributed by atoms with Gasteiger partial charge in [0.2, 0.25) is 0 Å². The smallest absolute Gasteiger partial charge is 0.269 e. The van der Waals surface area contributed by atoms with Crippen molar-refractivity contribution in [3.63, 3.8) is 0 Å². The van der Waals surface area contributed by atoms with Crippen molar-refractivity contribution in [1.82, 2.24) is 4.98 Å². The van der Waals surface area contributed by atoms with Gasteiger partial charge in [0.25, 0.3) is 5.69 Å². The van der Waals surface area contributed by atoms with E-state index < -0.39 is 4.92 Å². The number of nitro groups is 1. The Bertz CT molecular complexity index is 649. The van der Waals surface area contributed by atoms with E-state index in [1.807, 2.05) is 6.92 Å². The van der Waals surface area contributed by atoms with Gasteiger partial charge in [-0.05, 0) is 35.0 Å². The molecule has 0 saturated heterocycles. The normalized spacial score (nSPS) is 10.2. The van der Waals surface area contributed by atoms with E-state index in [0.29, 0.717) is 5.75 Å². The fourth-order valence-corrected chi connectivity index (χ4v) is 2.15. The van der Waals surface area contributed by atoms with Gasteiger partial charge in [0.1, 0.15) is 12.4 Å². The molecule has 0 saturated carbocycles. The van der Waals surface area contributed by atoms with E-state index in [2.05, 4.69) is 26.2 Å². The number of nitro benzene ring substituents is 1. The van der Waals surface area contributed by atoms with E-state index in [9.17, 15) is 10.1 Å². The summed E-state index contributed by atoms with van der Waals surface area (Å²) in [5, 5.41) is 14.0. The van der Waals surface area contributed by atoms with Crippen LogP contribution in [-0.4, -0.2) is 16.5 Å². The first-order valence-corrected chi connectivity index (χ1v) is 7.14. The third-order valence-corrected chi connectivity index (χ3v) is 3.17. The summed E-state index contributed by atoms with van der Waals surface area (Å²) < 4.78 is 6.45. The summed E-state index contributed by atoms with van der Waals surface area (Å²) in [6.45, 7) is 2.91. The molecule has 0 aliphatic carbocycles. The van der Waals surface area contributed by atoms with Crippen LogP contribution in [0.2, 0.25) is 0 Å². The molecule has 0 aliphatic rings. The maximum Gasteiger partial charge on any atom is 0.269 e. The first-order chi connectivity index (χ1) is 10.1. The van der Waals surface area contributed by atoms with Gasteiger partial charge >= 0.3 is 0 Å². The molecule has 6 nitrogen and oxygen atoms in total. The molecular formula is C14H14BrN3O3. The summed E-state index contributed by atoms with van der Waals surface area (Å²) in [4.78, 5) is 14.5. The van der Waals surface area contributed by atoms with Gasteiger partial charge in [-0.15, -0.1) is 0 Å². The monoisotopic (exact) mass is 351 g/mol. The SMILES string of the molecule is CCNc1ccc([N+](=O)[O-])cc1COc1cncc(Br)c1. The Morgan fingerprint density at radius 2 is 2.19 bits per heavy atom. The molecule has 0 spiro atoms. The number of anilines is 1. The number of halogens is 1. The molecule has 0 fully saturated rings. The summed E-state index contributed by atoms with van der Waals surface area (Å²) in [6, 6.07) is 6.47. The lowest BCUT2D eigenvalue weighted by atomic mass is 10.1. The van der Waals surface area contributed by atoms with Crippen LogP contribution in [0.5, 0.6) is 5.75 Å². The van der Waals surface area contributed by atoms with E-state index in [0.717, 1.165) is 22.3 Å². The van der Waals surface area contributed by atoms with Crippen molar-refractivity contribution < 1.29 is 9.66 Å². The number of aromatic nitrogens is 1. The van der Waals surface area contributed by atoms with Crippen LogP contribution in [0.3, 0.4) is 0 Å². The third-order valence-electron chi connectivity index (χ3n) is 2.74. The van der Waals surface area contributed by atoms with Crippen molar-refractivity contribution in [2.24, 2.45) is 0 Å². The number of nitrogens with zero attached hydrogens (tertiary/aromatic N) is 2. The highest BCUT2D eigenvalue weighted by Crippen LogP contribution is 2.24. The van der Waals surface area contributed by atoms with E-state index >= 15 is 0 Å². The van der Waals surface area contributed by atoms with Crippen LogP contribution in [0.25, 0.3) is 0 Å². The van der Waals surface area contributed by atoms with Gasteiger partial charge in [-0.2, -0.15) is 0 Å². The second-order valence-corrected chi connectivity index (χ2v) is 5.17. The maximum atomic E-state index is 10.9. The van der Waals surface area contributed by atoms with Crippen LogP contribution in [-0.2, 0) is 6.61 Å². The molecule has 1 aromatic carbocycles. The zero-order chi connectivity index (χ0) is 15.2. The van der Waals surface area contributed by atoms with Gasteiger partial charge in [0.15, 0.2) is 0 Å². The van der Waals surface area contributed by atoms with E-state index in [1.165, 1.54) is 12.1 Å². The molecular weight excluding hydrogens is 338 g/mol. The minimum atomic E-state index is -0.417. The number of benzene rings is 1. The lowest BCUT2D eigenvalue weighted by Gasteiger charge is -2.12. The summed E-state index contributed by atoms with van der Waals surface area (Å²) in [5.41, 5.74) is 1.60. The van der Waals surface area contributed by atoms with Crippen molar-refractivity contribution >= 4 is 27.3 Å². The number of pyridine rings is 1. The van der Waals surface area contributed by atoms with Crippen molar-refractivity contribution in [3.8, 4) is 5.75 Å². The molecule has 2 rings (SSSR count). The molecule has 1 heterocycles. The largest absolute Gasteiger partial charge is 0.487 e. The molecule has 0 radical (unpaired) electrons. The first-order valence-electron chi connectivity index (χ1n) is 6.34. The second-order valence-electron chi connectivity index (χ2n) is 4.26. The highest BCUT2D eigenvalue weighted by atomic mass is 79.9. The molecule has 2 aromatic rings. The van der Waals surface area contributed by atoms with Crippen molar-refractivity contribution in [2.45, 2.75) is 13.5 Å². The van der Waals surface area contributed by atoms with Crippen molar-refractivity contribution in [2.75, 3.05) is 11.9 Å². The standard InChI is InChI=1S/C14H14BrN3O3/c1-2-17-14-4-3-12(18(19)20)5-10(14)9-21-13-6-11(15)7-16-8-13/h3-8,17H,2,9H2,1H3. The average molecular weight is 352 g/mol. The predicted octanol–water partition coefficient (Wildman–Crippen LogP) is 3.76. The zero-order valence-corrected chi connectivity index (χ0v) is 13.0. The zero-order valence-electron chi connectivity index (χ0n) is 11.4. The van der Waals surface area contributed by atoms with Gasteiger partial charge in [-0.25, -0.2) is 0 Å². The van der Waals surface area contributed by atoms with Crippen molar-refractivity contribution in [3.05, 3.63) is 56.8 Å².